The van der Waals surface area contributed by atoms with Gasteiger partial charge >= 0.3 is 12.1 Å². The number of likely N-dealkylation sites (tertiary alicyclic amines) is 1. The molecule has 10 nitrogen and oxygen atoms in total. The van der Waals surface area contributed by atoms with E-state index in [1.54, 1.807) is 28.9 Å². The first-order chi connectivity index (χ1) is 16.8. The number of hydrogen-bond donors (Lipinski definition) is 0. The molecule has 2 aliphatic heterocycles. The van der Waals surface area contributed by atoms with E-state index in [1.807, 2.05) is 4.90 Å². The molecule has 2 fully saturated rings. The van der Waals surface area contributed by atoms with Crippen molar-refractivity contribution >= 4 is 23.9 Å². The first kappa shape index (κ1) is 26.3. The molecule has 0 aromatic heterocycles. The van der Waals surface area contributed by atoms with Gasteiger partial charge < -0.3 is 28.9 Å². The van der Waals surface area contributed by atoms with Crippen molar-refractivity contribution in [1.29, 1.82) is 0 Å². The van der Waals surface area contributed by atoms with E-state index in [0.717, 1.165) is 19.3 Å². The summed E-state index contributed by atoms with van der Waals surface area (Å²) in [5.41, 5.74) is 0.280. The van der Waals surface area contributed by atoms with E-state index in [4.69, 9.17) is 14.2 Å². The highest BCUT2D eigenvalue weighted by molar-refractivity contribution is 5.91. The fraction of sp³-hybridized carbons (Fsp3) is 0.600. The zero-order valence-electron chi connectivity index (χ0n) is 20.7. The van der Waals surface area contributed by atoms with Gasteiger partial charge in [-0.05, 0) is 64.3 Å². The third-order valence-corrected chi connectivity index (χ3v) is 6.42. The molecule has 2 unspecified atom stereocenters. The third-order valence-electron chi connectivity index (χ3n) is 6.42. The van der Waals surface area contributed by atoms with E-state index in [0.29, 0.717) is 38.5 Å². The predicted octanol–water partition coefficient (Wildman–Crippen LogP) is 2.31. The van der Waals surface area contributed by atoms with Crippen LogP contribution < -0.4 is 4.74 Å². The van der Waals surface area contributed by atoms with Crippen molar-refractivity contribution in [2.75, 3.05) is 46.0 Å². The zero-order valence-corrected chi connectivity index (χ0v) is 20.7. The fourth-order valence-electron chi connectivity index (χ4n) is 4.47. The van der Waals surface area contributed by atoms with Crippen molar-refractivity contribution in [2.24, 2.45) is 0 Å². The Morgan fingerprint density at radius 2 is 1.43 bits per heavy atom. The van der Waals surface area contributed by atoms with Crippen LogP contribution in [0.2, 0.25) is 0 Å². The van der Waals surface area contributed by atoms with E-state index >= 15 is 0 Å². The smallest absolute Gasteiger partial charge is 0.409 e. The second-order valence-electron chi connectivity index (χ2n) is 8.89. The maximum atomic E-state index is 12.6. The van der Waals surface area contributed by atoms with Gasteiger partial charge in [-0.2, -0.15) is 0 Å². The normalized spacial score (nSPS) is 20.3. The molecule has 0 aliphatic carbocycles. The van der Waals surface area contributed by atoms with Crippen LogP contribution in [0.5, 0.6) is 5.75 Å². The highest BCUT2D eigenvalue weighted by atomic mass is 16.6. The van der Waals surface area contributed by atoms with Crippen LogP contribution in [0.4, 0.5) is 4.79 Å². The molecule has 1 aromatic rings. The minimum Gasteiger partial charge on any atom is -0.484 e. The highest BCUT2D eigenvalue weighted by Gasteiger charge is 2.29. The van der Waals surface area contributed by atoms with E-state index in [-0.39, 0.29) is 42.7 Å². The second-order valence-corrected chi connectivity index (χ2v) is 8.89. The van der Waals surface area contributed by atoms with Gasteiger partial charge in [-0.1, -0.05) is 0 Å². The van der Waals surface area contributed by atoms with Crippen LogP contribution in [-0.4, -0.2) is 96.7 Å². The lowest BCUT2D eigenvalue weighted by atomic mass is 9.97. The zero-order chi connectivity index (χ0) is 25.4. The van der Waals surface area contributed by atoms with Gasteiger partial charge in [0.15, 0.2) is 13.2 Å². The molecule has 0 saturated carbocycles. The summed E-state index contributed by atoms with van der Waals surface area (Å²) in [6.45, 7) is 7.18. The van der Waals surface area contributed by atoms with Gasteiger partial charge in [-0.25, -0.2) is 9.59 Å². The summed E-state index contributed by atoms with van der Waals surface area (Å²) in [6, 6.07) is 6.69. The minimum absolute atomic E-state index is 0.0465. The number of carbonyl (C=O) groups excluding carboxylic acids is 4. The number of hydrogen-bond acceptors (Lipinski definition) is 7. The van der Waals surface area contributed by atoms with Crippen molar-refractivity contribution in [3.8, 4) is 5.75 Å². The number of esters is 1. The van der Waals surface area contributed by atoms with Crippen molar-refractivity contribution < 1.29 is 33.4 Å². The molecule has 3 amide bonds. The highest BCUT2D eigenvalue weighted by Crippen LogP contribution is 2.23. The summed E-state index contributed by atoms with van der Waals surface area (Å²) in [5, 5.41) is 0. The Kier molecular flexibility index (Phi) is 9.33. The average Bonchev–Trinajstić information content (AvgIpc) is 2.86. The summed E-state index contributed by atoms with van der Waals surface area (Å²) < 4.78 is 15.8. The molecule has 2 heterocycles. The number of rotatable bonds is 7. The quantitative estimate of drug-likeness (QED) is 0.541. The van der Waals surface area contributed by atoms with Crippen molar-refractivity contribution in [3.05, 3.63) is 29.8 Å². The molecule has 0 N–H and O–H groups in total. The molecule has 3 rings (SSSR count). The van der Waals surface area contributed by atoms with Crippen LogP contribution in [0.25, 0.3) is 0 Å². The number of piperazine rings is 1. The molecule has 0 radical (unpaired) electrons. The predicted molar refractivity (Wildman–Crippen MR) is 127 cm³/mol. The lowest BCUT2D eigenvalue weighted by Crippen LogP contribution is -2.51. The summed E-state index contributed by atoms with van der Waals surface area (Å²) in [4.78, 5) is 54.0. The first-order valence-electron chi connectivity index (χ1n) is 12.2. The third kappa shape index (κ3) is 7.10. The Balaban J connectivity index is 1.41. The lowest BCUT2D eigenvalue weighted by molar-refractivity contribution is -0.139. The van der Waals surface area contributed by atoms with Crippen LogP contribution in [0.1, 0.15) is 50.4 Å². The number of piperidine rings is 1. The Bertz CT molecular complexity index is 887. The van der Waals surface area contributed by atoms with E-state index < -0.39 is 12.1 Å². The molecule has 0 bridgehead atoms. The largest absolute Gasteiger partial charge is 0.484 e. The molecule has 1 aromatic carbocycles. The van der Waals surface area contributed by atoms with Gasteiger partial charge in [0.1, 0.15) is 5.75 Å². The Morgan fingerprint density at radius 3 is 2.03 bits per heavy atom. The van der Waals surface area contributed by atoms with Gasteiger partial charge in [0.05, 0.1) is 12.2 Å². The van der Waals surface area contributed by atoms with E-state index in [9.17, 15) is 19.2 Å². The summed E-state index contributed by atoms with van der Waals surface area (Å²) >= 11 is 0. The number of carbonyl (C=O) groups is 4. The molecule has 192 valence electrons. The first-order valence-corrected chi connectivity index (χ1v) is 12.2. The Hall–Kier alpha value is -3.30. The maximum Gasteiger partial charge on any atom is 0.409 e. The molecule has 10 heteroatoms. The fourth-order valence-corrected chi connectivity index (χ4v) is 4.47. The van der Waals surface area contributed by atoms with Gasteiger partial charge in [0, 0.05) is 38.3 Å². The molecule has 2 saturated heterocycles. The van der Waals surface area contributed by atoms with Crippen molar-refractivity contribution in [3.63, 3.8) is 0 Å². The second kappa shape index (κ2) is 12.4. The number of benzene rings is 1. The Labute approximate surface area is 206 Å². The summed E-state index contributed by atoms with van der Waals surface area (Å²) in [6.07, 6.45) is 2.74. The van der Waals surface area contributed by atoms with Crippen LogP contribution >= 0.6 is 0 Å². The molecular formula is C25H35N3O7. The maximum absolute atomic E-state index is 12.6. The average molecular weight is 490 g/mol. The summed E-state index contributed by atoms with van der Waals surface area (Å²) in [5.74, 6) is -0.513. The monoisotopic (exact) mass is 489 g/mol. The van der Waals surface area contributed by atoms with Crippen LogP contribution in [0, 0.1) is 0 Å². The van der Waals surface area contributed by atoms with Crippen molar-refractivity contribution in [1.82, 2.24) is 14.7 Å². The summed E-state index contributed by atoms with van der Waals surface area (Å²) in [7, 11) is 0. The van der Waals surface area contributed by atoms with Crippen LogP contribution in [0.15, 0.2) is 24.3 Å². The van der Waals surface area contributed by atoms with E-state index in [2.05, 4.69) is 13.8 Å². The van der Waals surface area contributed by atoms with Crippen LogP contribution in [0.3, 0.4) is 0 Å². The topological polar surface area (TPSA) is 106 Å². The van der Waals surface area contributed by atoms with Gasteiger partial charge in [-0.15, -0.1) is 0 Å². The molecule has 2 atom stereocenters. The van der Waals surface area contributed by atoms with Crippen molar-refractivity contribution in [2.45, 2.75) is 52.1 Å². The molecular weight excluding hydrogens is 454 g/mol. The molecule has 0 spiro atoms. The van der Waals surface area contributed by atoms with Gasteiger partial charge in [-0.3, -0.25) is 9.59 Å². The van der Waals surface area contributed by atoms with E-state index in [1.165, 1.54) is 12.1 Å². The lowest BCUT2D eigenvalue weighted by Gasteiger charge is -2.38. The Morgan fingerprint density at radius 1 is 0.829 bits per heavy atom. The number of nitrogens with zero attached hydrogens (tertiary/aromatic N) is 3. The molecule has 2 aliphatic rings. The van der Waals surface area contributed by atoms with Gasteiger partial charge in [0.2, 0.25) is 0 Å². The van der Waals surface area contributed by atoms with Gasteiger partial charge in [0.25, 0.3) is 11.8 Å². The van der Waals surface area contributed by atoms with Crippen LogP contribution in [-0.2, 0) is 19.1 Å². The number of amides is 3. The SMILES string of the molecule is CCOC(=O)N1CCN(C(=O)COC(=O)c2ccc(OCC(=O)N3C(C)CCCC3C)cc2)CC1. The standard InChI is InChI=1S/C25H35N3O7/c1-4-33-25(32)27-14-12-26(13-15-27)22(29)16-35-24(31)20-8-10-21(11-9-20)34-17-23(30)28-18(2)6-5-7-19(28)3/h8-11,18-19H,4-7,12-17H2,1-3H3. The number of ether oxygens (including phenoxy) is 3. The minimum atomic E-state index is -0.623. The molecule has 35 heavy (non-hydrogen) atoms.